The molecule has 0 spiro atoms. The maximum absolute atomic E-state index is 12.5. The number of ether oxygens (including phenoxy) is 2. The molecule has 27 heavy (non-hydrogen) atoms. The normalized spacial score (nSPS) is 13.0. The molecule has 0 radical (unpaired) electrons. The Labute approximate surface area is 156 Å². The maximum atomic E-state index is 12.5. The van der Waals surface area contributed by atoms with Gasteiger partial charge in [0.2, 0.25) is 0 Å². The molecule has 0 amide bonds. The van der Waals surface area contributed by atoms with E-state index in [0.717, 1.165) is 22.4 Å². The number of benzene rings is 2. The Bertz CT molecular complexity index is 1010. The average molecular weight is 360 g/mol. The summed E-state index contributed by atoms with van der Waals surface area (Å²) in [5.74, 6) is 0.392. The van der Waals surface area contributed by atoms with Crippen molar-refractivity contribution in [2.45, 2.75) is 0 Å². The third-order valence-corrected chi connectivity index (χ3v) is 4.34. The van der Waals surface area contributed by atoms with Crippen LogP contribution in [0.4, 0.5) is 0 Å². The van der Waals surface area contributed by atoms with Crippen molar-refractivity contribution in [3.05, 3.63) is 77.5 Å². The molecule has 1 aliphatic carbocycles. The monoisotopic (exact) mass is 360 g/mol. The van der Waals surface area contributed by atoms with Gasteiger partial charge < -0.3 is 14.3 Å². The van der Waals surface area contributed by atoms with E-state index in [2.05, 4.69) is 10.1 Å². The van der Waals surface area contributed by atoms with Gasteiger partial charge in [-0.3, -0.25) is 4.98 Å². The molecule has 3 aromatic rings. The van der Waals surface area contributed by atoms with Crippen LogP contribution >= 0.6 is 0 Å². The molecule has 134 valence electrons. The molecule has 0 aliphatic heterocycles. The summed E-state index contributed by atoms with van der Waals surface area (Å²) in [5, 5.41) is 4.14. The zero-order valence-corrected chi connectivity index (χ0v) is 14.8. The van der Waals surface area contributed by atoms with Gasteiger partial charge in [-0.1, -0.05) is 29.4 Å². The Morgan fingerprint density at radius 1 is 0.889 bits per heavy atom. The molecule has 1 heterocycles. The van der Waals surface area contributed by atoms with Crippen molar-refractivity contribution in [2.75, 3.05) is 14.2 Å². The molecule has 0 saturated heterocycles. The summed E-state index contributed by atoms with van der Waals surface area (Å²) in [5.41, 5.74) is 4.41. The minimum absolute atomic E-state index is 0.315. The van der Waals surface area contributed by atoms with Crippen LogP contribution in [0.2, 0.25) is 0 Å². The summed E-state index contributed by atoms with van der Waals surface area (Å²) in [6, 6.07) is 16.3. The number of methoxy groups -OCH3 is 2. The minimum atomic E-state index is -0.585. The molecule has 1 aliphatic rings. The number of pyridine rings is 1. The Morgan fingerprint density at radius 3 is 2.41 bits per heavy atom. The van der Waals surface area contributed by atoms with Gasteiger partial charge in [-0.25, -0.2) is 4.79 Å². The van der Waals surface area contributed by atoms with Gasteiger partial charge in [0.1, 0.15) is 5.71 Å². The van der Waals surface area contributed by atoms with Gasteiger partial charge >= 0.3 is 5.97 Å². The number of carbonyl (C=O) groups is 1. The highest BCUT2D eigenvalue weighted by molar-refractivity contribution is 6.23. The first-order valence-corrected chi connectivity index (χ1v) is 8.29. The first-order valence-electron chi connectivity index (χ1n) is 8.29. The van der Waals surface area contributed by atoms with Gasteiger partial charge in [-0.05, 0) is 30.3 Å². The van der Waals surface area contributed by atoms with E-state index in [1.165, 1.54) is 14.2 Å². The van der Waals surface area contributed by atoms with Gasteiger partial charge in [-0.15, -0.1) is 0 Å². The molecule has 0 unspecified atom stereocenters. The van der Waals surface area contributed by atoms with Crippen LogP contribution in [0.15, 0.2) is 65.9 Å². The lowest BCUT2D eigenvalue weighted by atomic mass is 10.1. The summed E-state index contributed by atoms with van der Waals surface area (Å²) >= 11 is 0. The summed E-state index contributed by atoms with van der Waals surface area (Å²) in [6.07, 6.45) is 1.73. The van der Waals surface area contributed by atoms with Crippen LogP contribution in [0.3, 0.4) is 0 Å². The number of aromatic nitrogens is 1. The van der Waals surface area contributed by atoms with Crippen LogP contribution in [-0.4, -0.2) is 30.9 Å². The highest BCUT2D eigenvalue weighted by Crippen LogP contribution is 2.35. The number of carbonyl (C=O) groups excluding carboxylic acids is 1. The Hall–Kier alpha value is -3.67. The standard InChI is InChI=1S/C21H16N2O4/c1-25-17-10-9-13(12-18(17)26-2)21(24)27-23-20-15-7-4-3-6-14(15)19-16(20)8-5-11-22-19/h3-12H,1-2H3. The average Bonchev–Trinajstić information content (AvgIpc) is 3.05. The quantitative estimate of drug-likeness (QED) is 0.410. The molecule has 0 bridgehead atoms. The predicted molar refractivity (Wildman–Crippen MR) is 100 cm³/mol. The highest BCUT2D eigenvalue weighted by atomic mass is 16.7. The fourth-order valence-corrected chi connectivity index (χ4v) is 3.05. The van der Waals surface area contributed by atoms with Gasteiger partial charge in [-0.2, -0.15) is 0 Å². The number of hydrogen-bond acceptors (Lipinski definition) is 6. The smallest absolute Gasteiger partial charge is 0.365 e. The number of rotatable bonds is 4. The molecular formula is C21H16N2O4. The van der Waals surface area contributed by atoms with Crippen molar-refractivity contribution in [1.82, 2.24) is 4.98 Å². The molecule has 6 heteroatoms. The van der Waals surface area contributed by atoms with Gasteiger partial charge in [0, 0.05) is 22.9 Å². The van der Waals surface area contributed by atoms with Crippen molar-refractivity contribution >= 4 is 11.7 Å². The minimum Gasteiger partial charge on any atom is -0.493 e. The Balaban J connectivity index is 1.66. The topological polar surface area (TPSA) is 70.0 Å². The lowest BCUT2D eigenvalue weighted by Crippen LogP contribution is -2.06. The molecule has 0 saturated carbocycles. The SMILES string of the molecule is COc1ccc(C(=O)ON=C2c3ccccc3-c3ncccc32)cc1OC. The van der Waals surface area contributed by atoms with Crippen molar-refractivity contribution < 1.29 is 19.1 Å². The molecule has 0 fully saturated rings. The van der Waals surface area contributed by atoms with Crippen LogP contribution in [0.5, 0.6) is 11.5 Å². The Morgan fingerprint density at radius 2 is 1.63 bits per heavy atom. The zero-order valence-electron chi connectivity index (χ0n) is 14.8. The highest BCUT2D eigenvalue weighted by Gasteiger charge is 2.26. The largest absolute Gasteiger partial charge is 0.493 e. The van der Waals surface area contributed by atoms with E-state index in [0.29, 0.717) is 22.8 Å². The van der Waals surface area contributed by atoms with E-state index in [1.54, 1.807) is 24.4 Å². The first kappa shape index (κ1) is 16.8. The third kappa shape index (κ3) is 2.91. The predicted octanol–water partition coefficient (Wildman–Crippen LogP) is 3.69. The van der Waals surface area contributed by atoms with Crippen molar-refractivity contribution in [3.63, 3.8) is 0 Å². The van der Waals surface area contributed by atoms with E-state index >= 15 is 0 Å². The fourth-order valence-electron chi connectivity index (χ4n) is 3.05. The van der Waals surface area contributed by atoms with Crippen LogP contribution in [0.25, 0.3) is 11.3 Å². The second-order valence-electron chi connectivity index (χ2n) is 5.83. The molecular weight excluding hydrogens is 344 g/mol. The third-order valence-electron chi connectivity index (χ3n) is 4.34. The van der Waals surface area contributed by atoms with E-state index < -0.39 is 5.97 Å². The van der Waals surface area contributed by atoms with Gasteiger partial charge in [0.25, 0.3) is 0 Å². The lowest BCUT2D eigenvalue weighted by molar-refractivity contribution is 0.0516. The summed E-state index contributed by atoms with van der Waals surface area (Å²) in [6.45, 7) is 0. The number of hydrogen-bond donors (Lipinski definition) is 0. The first-order chi connectivity index (χ1) is 13.2. The van der Waals surface area contributed by atoms with E-state index in [-0.39, 0.29) is 0 Å². The molecule has 1 aromatic heterocycles. The molecule has 6 nitrogen and oxygen atoms in total. The maximum Gasteiger partial charge on any atom is 0.365 e. The lowest BCUT2D eigenvalue weighted by Gasteiger charge is -2.08. The molecule has 2 aromatic carbocycles. The van der Waals surface area contributed by atoms with Gasteiger partial charge in [0.15, 0.2) is 11.5 Å². The van der Waals surface area contributed by atoms with Gasteiger partial charge in [0.05, 0.1) is 25.5 Å². The molecule has 0 N–H and O–H groups in total. The summed E-state index contributed by atoms with van der Waals surface area (Å²) in [4.78, 5) is 22.1. The number of fused-ring (bicyclic) bond motifs is 3. The number of oxime groups is 1. The van der Waals surface area contributed by atoms with Crippen molar-refractivity contribution in [3.8, 4) is 22.8 Å². The second kappa shape index (κ2) is 6.92. The van der Waals surface area contributed by atoms with Crippen molar-refractivity contribution in [1.29, 1.82) is 0 Å². The van der Waals surface area contributed by atoms with Crippen LogP contribution in [0, 0.1) is 0 Å². The zero-order chi connectivity index (χ0) is 18.8. The molecule has 0 atom stereocenters. The molecule has 4 rings (SSSR count). The summed E-state index contributed by atoms with van der Waals surface area (Å²) < 4.78 is 10.4. The van der Waals surface area contributed by atoms with E-state index in [9.17, 15) is 4.79 Å². The van der Waals surface area contributed by atoms with Crippen LogP contribution < -0.4 is 9.47 Å². The van der Waals surface area contributed by atoms with Crippen LogP contribution in [-0.2, 0) is 4.84 Å². The van der Waals surface area contributed by atoms with E-state index in [4.69, 9.17) is 14.3 Å². The second-order valence-corrected chi connectivity index (χ2v) is 5.83. The number of nitrogens with zero attached hydrogens (tertiary/aromatic N) is 2. The summed E-state index contributed by atoms with van der Waals surface area (Å²) in [7, 11) is 3.04. The fraction of sp³-hybridized carbons (Fsp3) is 0.0952. The van der Waals surface area contributed by atoms with E-state index in [1.807, 2.05) is 36.4 Å². The Kier molecular flexibility index (Phi) is 4.30. The van der Waals surface area contributed by atoms with Crippen molar-refractivity contribution in [2.24, 2.45) is 5.16 Å². The van der Waals surface area contributed by atoms with Crippen LogP contribution in [0.1, 0.15) is 21.5 Å².